The van der Waals surface area contributed by atoms with Crippen molar-refractivity contribution in [3.8, 4) is 0 Å². The van der Waals surface area contributed by atoms with Gasteiger partial charge in [-0.3, -0.25) is 4.90 Å². The minimum Gasteiger partial charge on any atom is -0.392 e. The Kier molecular flexibility index (Phi) is 3.07. The van der Waals surface area contributed by atoms with Gasteiger partial charge in [-0.15, -0.1) is 0 Å². The maximum Gasteiger partial charge on any atom is 0.0945 e. The van der Waals surface area contributed by atoms with Gasteiger partial charge in [0.25, 0.3) is 0 Å². The molecule has 1 saturated heterocycles. The molecule has 4 heteroatoms. The van der Waals surface area contributed by atoms with Gasteiger partial charge in [0.1, 0.15) is 0 Å². The van der Waals surface area contributed by atoms with E-state index in [0.29, 0.717) is 5.92 Å². The average Bonchev–Trinajstić information content (AvgIpc) is 2.59. The van der Waals surface area contributed by atoms with E-state index in [9.17, 15) is 5.11 Å². The number of imidazole rings is 1. The van der Waals surface area contributed by atoms with Gasteiger partial charge in [-0.05, 0) is 18.9 Å². The number of aliphatic hydroxyl groups excluding tert-OH is 1. The number of nitrogens with zero attached hydrogens (tertiary/aromatic N) is 3. The van der Waals surface area contributed by atoms with Gasteiger partial charge in [-0.1, -0.05) is 6.92 Å². The zero-order valence-electron chi connectivity index (χ0n) is 9.43. The van der Waals surface area contributed by atoms with Crippen LogP contribution in [0.5, 0.6) is 0 Å². The van der Waals surface area contributed by atoms with E-state index in [0.717, 1.165) is 26.1 Å². The average molecular weight is 209 g/mol. The van der Waals surface area contributed by atoms with E-state index in [-0.39, 0.29) is 6.10 Å². The first-order valence-corrected chi connectivity index (χ1v) is 5.52. The monoisotopic (exact) mass is 209 g/mol. The van der Waals surface area contributed by atoms with Crippen LogP contribution >= 0.6 is 0 Å². The number of rotatable bonds is 2. The van der Waals surface area contributed by atoms with Crippen LogP contribution in [-0.4, -0.2) is 38.8 Å². The number of piperidine rings is 1. The minimum atomic E-state index is -0.174. The maximum atomic E-state index is 9.78. The van der Waals surface area contributed by atoms with Crippen LogP contribution in [0.1, 0.15) is 19.0 Å². The summed E-state index contributed by atoms with van der Waals surface area (Å²) >= 11 is 0. The van der Waals surface area contributed by atoms with E-state index in [1.54, 1.807) is 0 Å². The molecular formula is C11H19N3O. The summed E-state index contributed by atoms with van der Waals surface area (Å²) in [6.07, 6.45) is 4.62. The molecule has 2 unspecified atom stereocenters. The number of hydrogen-bond donors (Lipinski definition) is 1. The quantitative estimate of drug-likeness (QED) is 0.776. The third-order valence-corrected chi connectivity index (χ3v) is 3.30. The molecule has 1 aliphatic heterocycles. The molecule has 1 aromatic heterocycles. The Hall–Kier alpha value is -0.870. The highest BCUT2D eigenvalue weighted by Crippen LogP contribution is 2.18. The zero-order valence-corrected chi connectivity index (χ0v) is 9.43. The molecule has 15 heavy (non-hydrogen) atoms. The highest BCUT2D eigenvalue weighted by molar-refractivity contribution is 4.98. The molecule has 2 rings (SSSR count). The van der Waals surface area contributed by atoms with Crippen molar-refractivity contribution in [3.05, 3.63) is 18.2 Å². The Morgan fingerprint density at radius 3 is 3.00 bits per heavy atom. The summed E-state index contributed by atoms with van der Waals surface area (Å²) in [6, 6.07) is 0. The SMILES string of the molecule is CC1CCN(Cc2cncn2C)CC1O. The molecule has 0 aromatic carbocycles. The van der Waals surface area contributed by atoms with Crippen molar-refractivity contribution >= 4 is 0 Å². The fourth-order valence-electron chi connectivity index (χ4n) is 2.02. The first-order chi connectivity index (χ1) is 7.16. The van der Waals surface area contributed by atoms with Crippen molar-refractivity contribution in [2.45, 2.75) is 26.0 Å². The number of aliphatic hydroxyl groups is 1. The Morgan fingerprint density at radius 2 is 2.40 bits per heavy atom. The molecule has 2 atom stereocenters. The molecule has 0 aliphatic carbocycles. The van der Waals surface area contributed by atoms with Gasteiger partial charge in [0.15, 0.2) is 0 Å². The van der Waals surface area contributed by atoms with Crippen molar-refractivity contribution in [1.29, 1.82) is 0 Å². The second-order valence-electron chi connectivity index (χ2n) is 4.56. The lowest BCUT2D eigenvalue weighted by atomic mass is 9.96. The molecular weight excluding hydrogens is 190 g/mol. The van der Waals surface area contributed by atoms with E-state index in [4.69, 9.17) is 0 Å². The number of likely N-dealkylation sites (tertiary alicyclic amines) is 1. The molecule has 0 spiro atoms. The molecule has 84 valence electrons. The summed E-state index contributed by atoms with van der Waals surface area (Å²) < 4.78 is 2.03. The van der Waals surface area contributed by atoms with Gasteiger partial charge in [-0.2, -0.15) is 0 Å². The van der Waals surface area contributed by atoms with Gasteiger partial charge in [0.05, 0.1) is 18.1 Å². The molecule has 1 aliphatic rings. The van der Waals surface area contributed by atoms with Crippen LogP contribution in [0.2, 0.25) is 0 Å². The Balaban J connectivity index is 1.94. The highest BCUT2D eigenvalue weighted by Gasteiger charge is 2.24. The molecule has 1 fully saturated rings. The smallest absolute Gasteiger partial charge is 0.0945 e. The number of hydrogen-bond acceptors (Lipinski definition) is 3. The Labute approximate surface area is 90.5 Å². The first-order valence-electron chi connectivity index (χ1n) is 5.52. The van der Waals surface area contributed by atoms with Crippen LogP contribution in [0, 0.1) is 5.92 Å². The lowest BCUT2D eigenvalue weighted by molar-refractivity contribution is 0.0251. The van der Waals surface area contributed by atoms with Gasteiger partial charge in [0, 0.05) is 26.3 Å². The van der Waals surface area contributed by atoms with Gasteiger partial charge in [-0.25, -0.2) is 4.98 Å². The summed E-state index contributed by atoms with van der Waals surface area (Å²) in [5.41, 5.74) is 1.21. The Bertz CT molecular complexity index is 323. The molecule has 0 radical (unpaired) electrons. The van der Waals surface area contributed by atoms with Crippen molar-refractivity contribution in [2.24, 2.45) is 13.0 Å². The summed E-state index contributed by atoms with van der Waals surface area (Å²) in [4.78, 5) is 6.39. The Morgan fingerprint density at radius 1 is 1.60 bits per heavy atom. The summed E-state index contributed by atoms with van der Waals surface area (Å²) in [6.45, 7) is 4.86. The lowest BCUT2D eigenvalue weighted by Crippen LogP contribution is -2.42. The van der Waals surface area contributed by atoms with Crippen molar-refractivity contribution in [2.75, 3.05) is 13.1 Å². The molecule has 0 amide bonds. The number of β-amino-alcohol motifs (C(OH)–C–C–N with tert-alkyl or cyclic N) is 1. The van der Waals surface area contributed by atoms with Crippen molar-refractivity contribution < 1.29 is 5.11 Å². The molecule has 4 nitrogen and oxygen atoms in total. The van der Waals surface area contributed by atoms with Crippen LogP contribution in [0.3, 0.4) is 0 Å². The van der Waals surface area contributed by atoms with E-state index in [1.165, 1.54) is 5.69 Å². The molecule has 0 saturated carbocycles. The molecule has 1 N–H and O–H groups in total. The fraction of sp³-hybridized carbons (Fsp3) is 0.727. The van der Waals surface area contributed by atoms with Crippen LogP contribution < -0.4 is 0 Å². The summed E-state index contributed by atoms with van der Waals surface area (Å²) in [5, 5.41) is 9.78. The van der Waals surface area contributed by atoms with Crippen LogP contribution in [0.25, 0.3) is 0 Å². The van der Waals surface area contributed by atoms with E-state index >= 15 is 0 Å². The number of aromatic nitrogens is 2. The zero-order chi connectivity index (χ0) is 10.8. The van der Waals surface area contributed by atoms with E-state index in [2.05, 4.69) is 16.8 Å². The van der Waals surface area contributed by atoms with Gasteiger partial charge in [0.2, 0.25) is 0 Å². The second-order valence-corrected chi connectivity index (χ2v) is 4.56. The van der Waals surface area contributed by atoms with E-state index < -0.39 is 0 Å². The van der Waals surface area contributed by atoms with Crippen LogP contribution in [-0.2, 0) is 13.6 Å². The predicted molar refractivity (Wildman–Crippen MR) is 58.3 cm³/mol. The van der Waals surface area contributed by atoms with Gasteiger partial charge < -0.3 is 9.67 Å². The maximum absolute atomic E-state index is 9.78. The van der Waals surface area contributed by atoms with Crippen molar-refractivity contribution in [3.63, 3.8) is 0 Å². The largest absolute Gasteiger partial charge is 0.392 e. The topological polar surface area (TPSA) is 41.3 Å². The fourth-order valence-corrected chi connectivity index (χ4v) is 2.02. The second kappa shape index (κ2) is 4.33. The molecule has 0 bridgehead atoms. The van der Waals surface area contributed by atoms with Crippen molar-refractivity contribution in [1.82, 2.24) is 14.5 Å². The van der Waals surface area contributed by atoms with Gasteiger partial charge >= 0.3 is 0 Å². The highest BCUT2D eigenvalue weighted by atomic mass is 16.3. The van der Waals surface area contributed by atoms with E-state index in [1.807, 2.05) is 24.1 Å². The summed E-state index contributed by atoms with van der Waals surface area (Å²) in [7, 11) is 2.01. The molecule has 2 heterocycles. The minimum absolute atomic E-state index is 0.174. The first kappa shape index (κ1) is 10.6. The number of aryl methyl sites for hydroxylation is 1. The normalized spacial score (nSPS) is 28.2. The third kappa shape index (κ3) is 2.38. The third-order valence-electron chi connectivity index (χ3n) is 3.30. The van der Waals surface area contributed by atoms with Crippen LogP contribution in [0.4, 0.5) is 0 Å². The summed E-state index contributed by atoms with van der Waals surface area (Å²) in [5.74, 6) is 0.438. The lowest BCUT2D eigenvalue weighted by Gasteiger charge is -2.34. The molecule has 1 aromatic rings. The van der Waals surface area contributed by atoms with Crippen LogP contribution in [0.15, 0.2) is 12.5 Å². The standard InChI is InChI=1S/C11H19N3O/c1-9-3-4-14(7-11(9)15)6-10-5-12-8-13(10)2/h5,8-9,11,15H,3-4,6-7H2,1-2H3. The predicted octanol–water partition coefficient (Wildman–Crippen LogP) is 0.623.